The van der Waals surface area contributed by atoms with Crippen LogP contribution in [0.4, 0.5) is 18.0 Å². The summed E-state index contributed by atoms with van der Waals surface area (Å²) in [5, 5.41) is 11.1. The second-order valence-corrected chi connectivity index (χ2v) is 7.63. The van der Waals surface area contributed by atoms with Gasteiger partial charge >= 0.3 is 18.2 Å². The number of alkyl halides is 3. The van der Waals surface area contributed by atoms with E-state index in [1.54, 1.807) is 0 Å². The van der Waals surface area contributed by atoms with Crippen LogP contribution in [-0.2, 0) is 14.3 Å². The fourth-order valence-corrected chi connectivity index (χ4v) is 3.93. The van der Waals surface area contributed by atoms with E-state index < -0.39 is 43.3 Å². The van der Waals surface area contributed by atoms with E-state index in [0.29, 0.717) is 0 Å². The van der Waals surface area contributed by atoms with Crippen molar-refractivity contribution >= 4 is 18.0 Å². The van der Waals surface area contributed by atoms with Crippen molar-refractivity contribution in [1.29, 1.82) is 0 Å². The number of nitrogens with zero attached hydrogens (tertiary/aromatic N) is 1. The van der Waals surface area contributed by atoms with Crippen molar-refractivity contribution < 1.29 is 37.4 Å². The minimum absolute atomic E-state index is 0.0358. The van der Waals surface area contributed by atoms with Gasteiger partial charge in [-0.1, -0.05) is 55.5 Å². The van der Waals surface area contributed by atoms with E-state index in [-0.39, 0.29) is 23.8 Å². The van der Waals surface area contributed by atoms with E-state index in [4.69, 9.17) is 9.84 Å². The number of carbonyl (C=O) groups excluding carboxylic acids is 2. The van der Waals surface area contributed by atoms with Gasteiger partial charge in [-0.2, -0.15) is 13.2 Å². The molecule has 2 aromatic carbocycles. The second-order valence-electron chi connectivity index (χ2n) is 7.63. The summed E-state index contributed by atoms with van der Waals surface area (Å²) in [5.74, 6) is -2.97. The van der Waals surface area contributed by atoms with E-state index in [2.05, 4.69) is 5.32 Å². The van der Waals surface area contributed by atoms with Gasteiger partial charge in [0.25, 0.3) is 0 Å². The topological polar surface area (TPSA) is 95.9 Å². The lowest BCUT2D eigenvalue weighted by molar-refractivity contribution is -0.166. The van der Waals surface area contributed by atoms with Gasteiger partial charge in [-0.05, 0) is 28.7 Å². The Labute approximate surface area is 188 Å². The summed E-state index contributed by atoms with van der Waals surface area (Å²) in [7, 11) is 0. The summed E-state index contributed by atoms with van der Waals surface area (Å²) in [5.41, 5.74) is 4.01. The van der Waals surface area contributed by atoms with Crippen LogP contribution in [0.2, 0.25) is 0 Å². The number of carboxylic acids is 1. The maximum Gasteiger partial charge on any atom is 0.407 e. The molecule has 0 heterocycles. The molecule has 33 heavy (non-hydrogen) atoms. The first-order valence-electron chi connectivity index (χ1n) is 10.3. The molecule has 3 rings (SSSR count). The van der Waals surface area contributed by atoms with Crippen molar-refractivity contribution in [3.63, 3.8) is 0 Å². The molecular weight excluding hydrogens is 441 g/mol. The van der Waals surface area contributed by atoms with Crippen LogP contribution in [0.15, 0.2) is 48.5 Å². The van der Waals surface area contributed by atoms with E-state index >= 15 is 0 Å². The third kappa shape index (κ3) is 5.82. The summed E-state index contributed by atoms with van der Waals surface area (Å²) in [6.07, 6.45) is -5.80. The van der Waals surface area contributed by atoms with Crippen LogP contribution in [0.5, 0.6) is 0 Å². The molecule has 0 aromatic heterocycles. The molecule has 1 atom stereocenters. The predicted molar refractivity (Wildman–Crippen MR) is 113 cm³/mol. The molecule has 0 saturated carbocycles. The summed E-state index contributed by atoms with van der Waals surface area (Å²) < 4.78 is 43.7. The zero-order valence-electron chi connectivity index (χ0n) is 17.8. The van der Waals surface area contributed by atoms with Crippen molar-refractivity contribution in [3.8, 4) is 11.1 Å². The van der Waals surface area contributed by atoms with Gasteiger partial charge in [0.05, 0.1) is 0 Å². The number of rotatable bonds is 8. The smallest absolute Gasteiger partial charge is 0.407 e. The van der Waals surface area contributed by atoms with Crippen LogP contribution in [0.25, 0.3) is 11.1 Å². The first kappa shape index (κ1) is 24.1. The Morgan fingerprint density at radius 2 is 1.61 bits per heavy atom. The van der Waals surface area contributed by atoms with Crippen molar-refractivity contribution in [2.75, 3.05) is 19.7 Å². The number of hydrogen-bond acceptors (Lipinski definition) is 4. The summed E-state index contributed by atoms with van der Waals surface area (Å²) in [6, 6.07) is 14.0. The zero-order chi connectivity index (χ0) is 24.2. The molecule has 2 amide bonds. The fourth-order valence-electron chi connectivity index (χ4n) is 3.93. The fraction of sp³-hybridized carbons (Fsp3) is 0.348. The van der Waals surface area contributed by atoms with E-state index in [9.17, 15) is 27.6 Å². The zero-order valence-corrected chi connectivity index (χ0v) is 17.8. The van der Waals surface area contributed by atoms with Crippen molar-refractivity contribution in [3.05, 3.63) is 59.7 Å². The number of amides is 2. The molecule has 0 bridgehead atoms. The van der Waals surface area contributed by atoms with E-state index in [1.807, 2.05) is 48.5 Å². The quantitative estimate of drug-likeness (QED) is 0.620. The van der Waals surface area contributed by atoms with Gasteiger partial charge in [0.2, 0.25) is 5.91 Å². The van der Waals surface area contributed by atoms with Crippen LogP contribution in [0.1, 0.15) is 30.4 Å². The number of nitrogens with one attached hydrogen (secondary N) is 1. The first-order valence-corrected chi connectivity index (χ1v) is 10.3. The van der Waals surface area contributed by atoms with Gasteiger partial charge in [0.1, 0.15) is 25.7 Å². The largest absolute Gasteiger partial charge is 0.480 e. The average molecular weight is 464 g/mol. The molecule has 0 unspecified atom stereocenters. The van der Waals surface area contributed by atoms with Crippen molar-refractivity contribution in [1.82, 2.24) is 10.2 Å². The number of alkyl carbamates (subject to hydrolysis) is 1. The average Bonchev–Trinajstić information content (AvgIpc) is 3.07. The van der Waals surface area contributed by atoms with E-state index in [1.165, 1.54) is 6.92 Å². The molecule has 0 fully saturated rings. The Kier molecular flexibility index (Phi) is 7.25. The number of fused-ring (bicyclic) bond motifs is 3. The molecule has 0 saturated heterocycles. The lowest BCUT2D eigenvalue weighted by atomic mass is 9.98. The summed E-state index contributed by atoms with van der Waals surface area (Å²) in [6.45, 7) is -1.42. The Bertz CT molecular complexity index is 995. The molecule has 7 nitrogen and oxygen atoms in total. The third-order valence-electron chi connectivity index (χ3n) is 5.35. The molecule has 2 N–H and O–H groups in total. The van der Waals surface area contributed by atoms with E-state index in [0.717, 1.165) is 22.3 Å². The highest BCUT2D eigenvalue weighted by Gasteiger charge is 2.37. The van der Waals surface area contributed by atoms with Crippen LogP contribution in [0, 0.1) is 0 Å². The summed E-state index contributed by atoms with van der Waals surface area (Å²) >= 11 is 0. The van der Waals surface area contributed by atoms with Crippen LogP contribution in [-0.4, -0.2) is 59.9 Å². The second kappa shape index (κ2) is 9.93. The minimum atomic E-state index is -4.78. The Morgan fingerprint density at radius 3 is 2.09 bits per heavy atom. The molecule has 2 aromatic rings. The lowest BCUT2D eigenvalue weighted by Gasteiger charge is -2.26. The molecule has 10 heteroatoms. The SMILES string of the molecule is CC[C@H](NC(=O)OCC1c2ccccc2-c2ccccc21)C(=O)N(CC(=O)O)CC(F)(F)F. The number of carbonyl (C=O) groups is 3. The Balaban J connectivity index is 1.67. The molecule has 176 valence electrons. The van der Waals surface area contributed by atoms with Crippen molar-refractivity contribution in [2.45, 2.75) is 31.5 Å². The van der Waals surface area contributed by atoms with Crippen LogP contribution < -0.4 is 5.32 Å². The maximum absolute atomic E-state index is 12.8. The third-order valence-corrected chi connectivity index (χ3v) is 5.35. The monoisotopic (exact) mass is 464 g/mol. The number of aliphatic carboxylic acids is 1. The Morgan fingerprint density at radius 1 is 1.06 bits per heavy atom. The number of hydrogen-bond donors (Lipinski definition) is 2. The minimum Gasteiger partial charge on any atom is -0.480 e. The number of carboxylic acid groups (broad SMARTS) is 1. The highest BCUT2D eigenvalue weighted by Crippen LogP contribution is 2.44. The normalized spacial score (nSPS) is 13.6. The van der Waals surface area contributed by atoms with Crippen LogP contribution >= 0.6 is 0 Å². The maximum atomic E-state index is 12.8. The number of halogens is 3. The van der Waals surface area contributed by atoms with Gasteiger partial charge in [-0.3, -0.25) is 9.59 Å². The van der Waals surface area contributed by atoms with Crippen LogP contribution in [0.3, 0.4) is 0 Å². The van der Waals surface area contributed by atoms with Crippen molar-refractivity contribution in [2.24, 2.45) is 0 Å². The standard InChI is InChI=1S/C23H23F3N2O5/c1-2-19(21(31)28(11-20(29)30)13-23(24,25)26)27-22(32)33-12-18-16-9-5-3-7-14(16)15-8-4-6-10-17(15)18/h3-10,18-19H,2,11-13H2,1H3,(H,27,32)(H,29,30)/t19-/m0/s1. The highest BCUT2D eigenvalue weighted by atomic mass is 19.4. The molecule has 1 aliphatic rings. The Hall–Kier alpha value is -3.56. The van der Waals surface area contributed by atoms with Gasteiger partial charge < -0.3 is 20.1 Å². The van der Waals surface area contributed by atoms with Gasteiger partial charge in [0.15, 0.2) is 0 Å². The number of ether oxygens (including phenoxy) is 1. The molecule has 0 spiro atoms. The molecule has 0 radical (unpaired) electrons. The molecular formula is C23H23F3N2O5. The summed E-state index contributed by atoms with van der Waals surface area (Å²) in [4.78, 5) is 36.0. The molecule has 0 aliphatic heterocycles. The predicted octanol–water partition coefficient (Wildman–Crippen LogP) is 3.78. The first-order chi connectivity index (χ1) is 15.6. The highest BCUT2D eigenvalue weighted by molar-refractivity contribution is 5.88. The van der Waals surface area contributed by atoms with Gasteiger partial charge in [-0.25, -0.2) is 4.79 Å². The van der Waals surface area contributed by atoms with Gasteiger partial charge in [0, 0.05) is 5.92 Å². The van der Waals surface area contributed by atoms with Gasteiger partial charge in [-0.15, -0.1) is 0 Å². The molecule has 1 aliphatic carbocycles. The lowest BCUT2D eigenvalue weighted by Crippen LogP contribution is -2.52. The number of benzene rings is 2.